The van der Waals surface area contributed by atoms with Crippen molar-refractivity contribution in [3.8, 4) is 0 Å². The van der Waals surface area contributed by atoms with Crippen LogP contribution in [0.4, 0.5) is 5.82 Å². The molecule has 0 bridgehead atoms. The molecule has 100 valence electrons. The van der Waals surface area contributed by atoms with Crippen LogP contribution in [0.2, 0.25) is 0 Å². The zero-order valence-electron chi connectivity index (χ0n) is 11.1. The minimum absolute atomic E-state index is 0.112. The van der Waals surface area contributed by atoms with Crippen LogP contribution in [0.3, 0.4) is 0 Å². The largest absolute Gasteiger partial charge is 0.462 e. The third-order valence-electron chi connectivity index (χ3n) is 2.48. The summed E-state index contributed by atoms with van der Waals surface area (Å²) < 4.78 is 4.87. The van der Waals surface area contributed by atoms with Gasteiger partial charge in [-0.25, -0.2) is 9.78 Å². The molecule has 1 aromatic rings. The maximum Gasteiger partial charge on any atom is 0.339 e. The number of hydrogen-bond donors (Lipinski definition) is 2. The summed E-state index contributed by atoms with van der Waals surface area (Å²) in [6.07, 6.45) is 2.10. The van der Waals surface area contributed by atoms with Crippen molar-refractivity contribution in [2.45, 2.75) is 32.7 Å². The van der Waals surface area contributed by atoms with Gasteiger partial charge in [-0.15, -0.1) is 0 Å². The van der Waals surface area contributed by atoms with Crippen LogP contribution in [0, 0.1) is 0 Å². The zero-order valence-corrected chi connectivity index (χ0v) is 11.1. The standard InChI is InChI=1S/C13H20N2O3/c1-4-18-12(17)10-5-6-11(14-9-10)15-13(2,3)7-8-16/h5-6,9,16H,4,7-8H2,1-3H3,(H,14,15). The van der Waals surface area contributed by atoms with E-state index >= 15 is 0 Å². The Morgan fingerprint density at radius 2 is 2.22 bits per heavy atom. The molecule has 5 heteroatoms. The molecular weight excluding hydrogens is 232 g/mol. The van der Waals surface area contributed by atoms with E-state index in [1.165, 1.54) is 6.20 Å². The van der Waals surface area contributed by atoms with Crippen molar-refractivity contribution in [3.05, 3.63) is 23.9 Å². The molecule has 0 saturated heterocycles. The van der Waals surface area contributed by atoms with Crippen molar-refractivity contribution >= 4 is 11.8 Å². The van der Waals surface area contributed by atoms with Crippen molar-refractivity contribution in [1.82, 2.24) is 4.98 Å². The number of aromatic nitrogens is 1. The van der Waals surface area contributed by atoms with Gasteiger partial charge in [0, 0.05) is 18.3 Å². The monoisotopic (exact) mass is 252 g/mol. The highest BCUT2D eigenvalue weighted by atomic mass is 16.5. The van der Waals surface area contributed by atoms with E-state index < -0.39 is 0 Å². The number of carbonyl (C=O) groups is 1. The summed E-state index contributed by atoms with van der Waals surface area (Å²) in [5, 5.41) is 12.1. The van der Waals surface area contributed by atoms with Crippen molar-refractivity contribution in [3.63, 3.8) is 0 Å². The SMILES string of the molecule is CCOC(=O)c1ccc(NC(C)(C)CCO)nc1. The first-order valence-electron chi connectivity index (χ1n) is 6.00. The lowest BCUT2D eigenvalue weighted by molar-refractivity contribution is 0.0526. The summed E-state index contributed by atoms with van der Waals surface area (Å²) in [4.78, 5) is 15.6. The molecule has 2 N–H and O–H groups in total. The van der Waals surface area contributed by atoms with Crippen LogP contribution in [0.25, 0.3) is 0 Å². The van der Waals surface area contributed by atoms with Gasteiger partial charge < -0.3 is 15.2 Å². The average molecular weight is 252 g/mol. The van der Waals surface area contributed by atoms with E-state index in [1.54, 1.807) is 19.1 Å². The maximum absolute atomic E-state index is 11.4. The first kappa shape index (κ1) is 14.4. The van der Waals surface area contributed by atoms with E-state index in [0.29, 0.717) is 24.4 Å². The molecule has 0 fully saturated rings. The molecule has 0 saturated carbocycles. The number of esters is 1. The molecule has 0 aliphatic rings. The topological polar surface area (TPSA) is 71.5 Å². The smallest absolute Gasteiger partial charge is 0.339 e. The number of carbonyl (C=O) groups excluding carboxylic acids is 1. The Labute approximate surface area is 107 Å². The fraction of sp³-hybridized carbons (Fsp3) is 0.538. The lowest BCUT2D eigenvalue weighted by Crippen LogP contribution is -2.32. The quantitative estimate of drug-likeness (QED) is 0.756. The van der Waals surface area contributed by atoms with Gasteiger partial charge in [0.1, 0.15) is 5.82 Å². The molecule has 1 heterocycles. The molecule has 0 aliphatic heterocycles. The van der Waals surface area contributed by atoms with Crippen LogP contribution in [-0.4, -0.2) is 34.8 Å². The molecule has 18 heavy (non-hydrogen) atoms. The Balaban J connectivity index is 2.68. The van der Waals surface area contributed by atoms with Crippen molar-refractivity contribution in [2.24, 2.45) is 0 Å². The minimum atomic E-state index is -0.369. The number of rotatable bonds is 6. The van der Waals surface area contributed by atoms with Gasteiger partial charge in [0.15, 0.2) is 0 Å². The van der Waals surface area contributed by atoms with Crippen molar-refractivity contribution in [1.29, 1.82) is 0 Å². The Morgan fingerprint density at radius 1 is 1.50 bits per heavy atom. The number of pyridine rings is 1. The number of nitrogens with one attached hydrogen (secondary N) is 1. The maximum atomic E-state index is 11.4. The lowest BCUT2D eigenvalue weighted by atomic mass is 10.0. The number of aliphatic hydroxyl groups excluding tert-OH is 1. The van der Waals surface area contributed by atoms with E-state index in [1.807, 2.05) is 13.8 Å². The van der Waals surface area contributed by atoms with Crippen molar-refractivity contribution < 1.29 is 14.6 Å². The van der Waals surface area contributed by atoms with E-state index in [-0.39, 0.29) is 18.1 Å². The molecule has 0 spiro atoms. The summed E-state index contributed by atoms with van der Waals surface area (Å²) in [5.74, 6) is 0.299. The van der Waals surface area contributed by atoms with E-state index in [2.05, 4.69) is 10.3 Å². The predicted molar refractivity (Wildman–Crippen MR) is 69.6 cm³/mol. The third kappa shape index (κ3) is 4.33. The Hall–Kier alpha value is -1.62. The molecular formula is C13H20N2O3. The van der Waals surface area contributed by atoms with E-state index in [0.717, 1.165) is 0 Å². The number of hydrogen-bond acceptors (Lipinski definition) is 5. The van der Waals surface area contributed by atoms with Gasteiger partial charge in [-0.1, -0.05) is 0 Å². The fourth-order valence-electron chi connectivity index (χ4n) is 1.49. The molecule has 5 nitrogen and oxygen atoms in total. The highest BCUT2D eigenvalue weighted by Crippen LogP contribution is 2.16. The Kier molecular flexibility index (Phi) is 5.09. The van der Waals surface area contributed by atoms with Gasteiger partial charge in [-0.05, 0) is 39.3 Å². The number of aliphatic hydroxyl groups is 1. The van der Waals surface area contributed by atoms with E-state index in [9.17, 15) is 4.79 Å². The number of nitrogens with zero attached hydrogens (tertiary/aromatic N) is 1. The Morgan fingerprint density at radius 3 is 2.72 bits per heavy atom. The van der Waals surface area contributed by atoms with Gasteiger partial charge >= 0.3 is 5.97 Å². The molecule has 0 aromatic carbocycles. The second-order valence-electron chi connectivity index (χ2n) is 4.64. The van der Waals surface area contributed by atoms with Crippen LogP contribution in [0.5, 0.6) is 0 Å². The molecule has 0 unspecified atom stereocenters. The molecule has 0 atom stereocenters. The molecule has 0 aliphatic carbocycles. The molecule has 0 amide bonds. The molecule has 0 radical (unpaired) electrons. The first-order chi connectivity index (χ1) is 8.48. The molecule has 1 rings (SSSR count). The summed E-state index contributed by atoms with van der Waals surface area (Å²) >= 11 is 0. The van der Waals surface area contributed by atoms with Crippen LogP contribution in [-0.2, 0) is 4.74 Å². The van der Waals surface area contributed by atoms with Crippen molar-refractivity contribution in [2.75, 3.05) is 18.5 Å². The van der Waals surface area contributed by atoms with Gasteiger partial charge in [-0.3, -0.25) is 0 Å². The average Bonchev–Trinajstić information content (AvgIpc) is 2.29. The van der Waals surface area contributed by atoms with Crippen LogP contribution in [0.1, 0.15) is 37.6 Å². The number of ether oxygens (including phenoxy) is 1. The summed E-state index contributed by atoms with van der Waals surface area (Å²) in [6, 6.07) is 3.40. The zero-order chi connectivity index (χ0) is 13.6. The Bertz CT molecular complexity index is 388. The first-order valence-corrected chi connectivity index (χ1v) is 6.00. The van der Waals surface area contributed by atoms with Gasteiger partial charge in [-0.2, -0.15) is 0 Å². The van der Waals surface area contributed by atoms with Crippen LogP contribution >= 0.6 is 0 Å². The predicted octanol–water partition coefficient (Wildman–Crippen LogP) is 1.83. The highest BCUT2D eigenvalue weighted by molar-refractivity contribution is 5.89. The van der Waals surface area contributed by atoms with Gasteiger partial charge in [0.05, 0.1) is 12.2 Å². The second-order valence-corrected chi connectivity index (χ2v) is 4.64. The van der Waals surface area contributed by atoms with Gasteiger partial charge in [0.25, 0.3) is 0 Å². The normalized spacial score (nSPS) is 11.1. The summed E-state index contributed by atoms with van der Waals surface area (Å²) in [6.45, 7) is 6.18. The van der Waals surface area contributed by atoms with Crippen LogP contribution in [0.15, 0.2) is 18.3 Å². The third-order valence-corrected chi connectivity index (χ3v) is 2.48. The van der Waals surface area contributed by atoms with Gasteiger partial charge in [0.2, 0.25) is 0 Å². The summed E-state index contributed by atoms with van der Waals surface area (Å²) in [5.41, 5.74) is 0.190. The lowest BCUT2D eigenvalue weighted by Gasteiger charge is -2.25. The van der Waals surface area contributed by atoms with E-state index in [4.69, 9.17) is 9.84 Å². The molecule has 1 aromatic heterocycles. The summed E-state index contributed by atoms with van der Waals surface area (Å²) in [7, 11) is 0. The second kappa shape index (κ2) is 6.35. The highest BCUT2D eigenvalue weighted by Gasteiger charge is 2.17. The number of anilines is 1. The fourth-order valence-corrected chi connectivity index (χ4v) is 1.49. The van der Waals surface area contributed by atoms with Crippen LogP contribution < -0.4 is 5.32 Å². The minimum Gasteiger partial charge on any atom is -0.462 e.